The first-order valence-electron chi connectivity index (χ1n) is 14.4. The lowest BCUT2D eigenvalue weighted by molar-refractivity contribution is 0.0998. The van der Waals surface area contributed by atoms with Crippen molar-refractivity contribution in [1.82, 2.24) is 0 Å². The Kier molecular flexibility index (Phi) is 8.34. The van der Waals surface area contributed by atoms with Crippen LogP contribution in [0.5, 0.6) is 11.5 Å². The van der Waals surface area contributed by atoms with E-state index >= 15 is 0 Å². The number of benzene rings is 6. The van der Waals surface area contributed by atoms with Gasteiger partial charge in [0.25, 0.3) is 0 Å². The van der Waals surface area contributed by atoms with E-state index in [4.69, 9.17) is 4.74 Å². The maximum absolute atomic E-state index is 14.1. The standard InChI is InChI=1S/C40H26O5/c41-37(27-15-5-1-6-16-27)31-23-13-25-33(35(31)39(43)29-19-9-3-10-20-29)45-34-26-14-24-32(38(42)28-17-7-2-8-18-28)36(34)40(44)30-21-11-4-12-22-30/h1-26H. The van der Waals surface area contributed by atoms with Crippen molar-refractivity contribution in [3.63, 3.8) is 0 Å². The normalized spacial score (nSPS) is 10.6. The van der Waals surface area contributed by atoms with Crippen molar-refractivity contribution in [1.29, 1.82) is 0 Å². The van der Waals surface area contributed by atoms with Gasteiger partial charge in [0.15, 0.2) is 23.1 Å². The van der Waals surface area contributed by atoms with E-state index in [1.807, 2.05) is 0 Å². The Morgan fingerprint density at radius 1 is 0.311 bits per heavy atom. The first kappa shape index (κ1) is 28.9. The van der Waals surface area contributed by atoms with Crippen molar-refractivity contribution in [3.8, 4) is 11.5 Å². The Morgan fingerprint density at radius 3 is 0.911 bits per heavy atom. The van der Waals surface area contributed by atoms with E-state index in [-0.39, 0.29) is 45.3 Å². The van der Waals surface area contributed by atoms with Crippen LogP contribution in [0.2, 0.25) is 0 Å². The first-order chi connectivity index (χ1) is 22.0. The van der Waals surface area contributed by atoms with Crippen molar-refractivity contribution in [3.05, 3.63) is 202 Å². The summed E-state index contributed by atoms with van der Waals surface area (Å²) in [6.07, 6.45) is 0. The van der Waals surface area contributed by atoms with E-state index in [1.54, 1.807) is 158 Å². The first-order valence-corrected chi connectivity index (χ1v) is 14.4. The molecule has 6 rings (SSSR count). The minimum Gasteiger partial charge on any atom is -0.456 e. The van der Waals surface area contributed by atoms with E-state index in [2.05, 4.69) is 0 Å². The van der Waals surface area contributed by atoms with Crippen LogP contribution in [0.3, 0.4) is 0 Å². The Hall–Kier alpha value is -6.20. The molecule has 5 nitrogen and oxygen atoms in total. The molecule has 216 valence electrons. The molecular formula is C40H26O5. The van der Waals surface area contributed by atoms with Gasteiger partial charge in [-0.15, -0.1) is 0 Å². The summed E-state index contributed by atoms with van der Waals surface area (Å²) in [5.74, 6) is -1.38. The average molecular weight is 587 g/mol. The molecule has 0 saturated carbocycles. The van der Waals surface area contributed by atoms with E-state index < -0.39 is 11.6 Å². The zero-order valence-corrected chi connectivity index (χ0v) is 24.1. The van der Waals surface area contributed by atoms with Gasteiger partial charge in [0.05, 0.1) is 11.1 Å². The van der Waals surface area contributed by atoms with Gasteiger partial charge in [0.2, 0.25) is 0 Å². The van der Waals surface area contributed by atoms with Crippen molar-refractivity contribution >= 4 is 23.1 Å². The van der Waals surface area contributed by atoms with Crippen LogP contribution in [-0.4, -0.2) is 23.1 Å². The molecule has 0 bridgehead atoms. The molecule has 0 fully saturated rings. The predicted octanol–water partition coefficient (Wildman–Crippen LogP) is 8.40. The molecule has 6 aromatic rings. The highest BCUT2D eigenvalue weighted by Gasteiger charge is 2.28. The number of hydrogen-bond acceptors (Lipinski definition) is 5. The highest BCUT2D eigenvalue weighted by atomic mass is 16.5. The Balaban J connectivity index is 1.53. The van der Waals surface area contributed by atoms with Gasteiger partial charge in [-0.2, -0.15) is 0 Å². The number of rotatable bonds is 10. The van der Waals surface area contributed by atoms with Gasteiger partial charge in [-0.25, -0.2) is 0 Å². The molecule has 0 radical (unpaired) electrons. The van der Waals surface area contributed by atoms with Gasteiger partial charge in [0, 0.05) is 33.4 Å². The van der Waals surface area contributed by atoms with Gasteiger partial charge < -0.3 is 4.74 Å². The Bertz CT molecular complexity index is 1870. The topological polar surface area (TPSA) is 77.5 Å². The molecule has 0 heterocycles. The van der Waals surface area contributed by atoms with Gasteiger partial charge >= 0.3 is 0 Å². The largest absolute Gasteiger partial charge is 0.456 e. The molecule has 5 heteroatoms. The van der Waals surface area contributed by atoms with E-state index in [1.165, 1.54) is 0 Å². The maximum Gasteiger partial charge on any atom is 0.197 e. The second kappa shape index (κ2) is 13.0. The number of ether oxygens (including phenoxy) is 1. The summed E-state index contributed by atoms with van der Waals surface area (Å²) >= 11 is 0. The number of ketones is 4. The van der Waals surface area contributed by atoms with Crippen molar-refractivity contribution in [2.45, 2.75) is 0 Å². The van der Waals surface area contributed by atoms with Crippen LogP contribution in [0.4, 0.5) is 0 Å². The van der Waals surface area contributed by atoms with Crippen LogP contribution in [-0.2, 0) is 0 Å². The summed E-state index contributed by atoms with van der Waals surface area (Å²) in [7, 11) is 0. The lowest BCUT2D eigenvalue weighted by atomic mass is 9.91. The molecule has 0 spiro atoms. The summed E-state index contributed by atoms with van der Waals surface area (Å²) in [5, 5.41) is 0. The van der Waals surface area contributed by atoms with Crippen molar-refractivity contribution in [2.75, 3.05) is 0 Å². The zero-order chi connectivity index (χ0) is 31.2. The minimum atomic E-state index is -0.419. The molecule has 0 aromatic heterocycles. The smallest absolute Gasteiger partial charge is 0.197 e. The molecule has 0 unspecified atom stereocenters. The van der Waals surface area contributed by atoms with Crippen LogP contribution in [0.25, 0.3) is 0 Å². The summed E-state index contributed by atoms with van der Waals surface area (Å²) < 4.78 is 6.43. The molecule has 0 aliphatic carbocycles. The second-order valence-electron chi connectivity index (χ2n) is 10.2. The van der Waals surface area contributed by atoms with Crippen molar-refractivity contribution in [2.24, 2.45) is 0 Å². The minimum absolute atomic E-state index is 0.0513. The average Bonchev–Trinajstić information content (AvgIpc) is 3.11. The molecule has 0 saturated heterocycles. The Morgan fingerprint density at radius 2 is 0.600 bits per heavy atom. The number of carbonyl (C=O) groups excluding carboxylic acids is 4. The molecule has 6 aromatic carbocycles. The van der Waals surface area contributed by atoms with Crippen LogP contribution < -0.4 is 4.74 Å². The van der Waals surface area contributed by atoms with Gasteiger partial charge in [-0.05, 0) is 12.1 Å². The van der Waals surface area contributed by atoms with Crippen LogP contribution >= 0.6 is 0 Å². The lowest BCUT2D eigenvalue weighted by Gasteiger charge is -2.18. The summed E-state index contributed by atoms with van der Waals surface area (Å²) in [6.45, 7) is 0. The monoisotopic (exact) mass is 586 g/mol. The maximum atomic E-state index is 14.1. The van der Waals surface area contributed by atoms with Gasteiger partial charge in [0.1, 0.15) is 11.5 Å². The summed E-state index contributed by atoms with van der Waals surface area (Å²) in [6, 6.07) is 44.2. The summed E-state index contributed by atoms with van der Waals surface area (Å²) in [4.78, 5) is 55.6. The molecule has 0 aliphatic rings. The third-order valence-corrected chi connectivity index (χ3v) is 7.36. The van der Waals surface area contributed by atoms with Gasteiger partial charge in [-0.3, -0.25) is 19.2 Å². The highest BCUT2D eigenvalue weighted by Crippen LogP contribution is 2.35. The van der Waals surface area contributed by atoms with Crippen LogP contribution in [0.1, 0.15) is 63.7 Å². The van der Waals surface area contributed by atoms with Crippen LogP contribution in [0, 0.1) is 0 Å². The van der Waals surface area contributed by atoms with E-state index in [9.17, 15) is 19.2 Å². The van der Waals surface area contributed by atoms with Crippen molar-refractivity contribution < 1.29 is 23.9 Å². The lowest BCUT2D eigenvalue weighted by Crippen LogP contribution is -2.15. The zero-order valence-electron chi connectivity index (χ0n) is 24.1. The van der Waals surface area contributed by atoms with Gasteiger partial charge in [-0.1, -0.05) is 146 Å². The quantitative estimate of drug-likeness (QED) is 0.151. The number of hydrogen-bond donors (Lipinski definition) is 0. The Labute approximate surface area is 260 Å². The third kappa shape index (κ3) is 6.01. The summed E-state index contributed by atoms with van der Waals surface area (Å²) in [5.41, 5.74) is 1.96. The molecule has 0 atom stereocenters. The van der Waals surface area contributed by atoms with E-state index in [0.717, 1.165) is 0 Å². The van der Waals surface area contributed by atoms with E-state index in [0.29, 0.717) is 22.3 Å². The molecule has 45 heavy (non-hydrogen) atoms. The fraction of sp³-hybridized carbons (Fsp3) is 0. The van der Waals surface area contributed by atoms with Crippen LogP contribution in [0.15, 0.2) is 158 Å². The fourth-order valence-corrected chi connectivity index (χ4v) is 5.16. The second-order valence-corrected chi connectivity index (χ2v) is 10.2. The molecule has 0 aliphatic heterocycles. The predicted molar refractivity (Wildman–Crippen MR) is 172 cm³/mol. The molecular weight excluding hydrogens is 560 g/mol. The third-order valence-electron chi connectivity index (χ3n) is 7.36. The molecule has 0 amide bonds. The molecule has 0 N–H and O–H groups in total. The SMILES string of the molecule is O=C(c1ccccc1)c1cccc(Oc2cccc(C(=O)c3ccccc3)c2C(=O)c2ccccc2)c1C(=O)c1ccccc1. The highest BCUT2D eigenvalue weighted by molar-refractivity contribution is 6.22. The number of carbonyl (C=O) groups is 4. The fourth-order valence-electron chi connectivity index (χ4n) is 5.16.